The number of nitrogens with one attached hydrogen (secondary N) is 2. The second-order valence-corrected chi connectivity index (χ2v) is 5.89. The number of hydrogen-bond acceptors (Lipinski definition) is 4. The summed E-state index contributed by atoms with van der Waals surface area (Å²) in [4.78, 5) is 31.2. The van der Waals surface area contributed by atoms with Gasteiger partial charge in [-0.25, -0.2) is 4.98 Å². The minimum absolute atomic E-state index is 0.0906. The fraction of sp³-hybridized carbons (Fsp3) is 0.533. The van der Waals surface area contributed by atoms with E-state index in [1.165, 1.54) is 0 Å². The van der Waals surface area contributed by atoms with Crippen LogP contribution in [0.15, 0.2) is 10.9 Å². The lowest BCUT2D eigenvalue weighted by molar-refractivity contribution is 0.0700. The molecule has 1 fully saturated rings. The number of likely N-dealkylation sites (tertiary alicyclic amines) is 1. The molecule has 0 aliphatic carbocycles. The SMILES string of the molecule is CNC1CCCN(C(=O)c2cc(C)nc3c2c(=O)[nH]n3C)C1. The van der Waals surface area contributed by atoms with Gasteiger partial charge < -0.3 is 10.2 Å². The number of aryl methyl sites for hydroxylation is 2. The van der Waals surface area contributed by atoms with Crippen molar-refractivity contribution >= 4 is 16.9 Å². The topological polar surface area (TPSA) is 83.0 Å². The van der Waals surface area contributed by atoms with Crippen molar-refractivity contribution in [2.24, 2.45) is 7.05 Å². The zero-order valence-electron chi connectivity index (χ0n) is 13.1. The Hall–Kier alpha value is -2.15. The number of likely N-dealkylation sites (N-methyl/N-ethyl adjacent to an activating group) is 1. The highest BCUT2D eigenvalue weighted by Gasteiger charge is 2.26. The summed E-state index contributed by atoms with van der Waals surface area (Å²) in [5.74, 6) is -0.0906. The summed E-state index contributed by atoms with van der Waals surface area (Å²) in [6.07, 6.45) is 2.03. The number of aromatic amines is 1. The fourth-order valence-electron chi connectivity index (χ4n) is 3.12. The maximum atomic E-state index is 12.9. The number of piperidine rings is 1. The Morgan fingerprint density at radius 3 is 3.00 bits per heavy atom. The van der Waals surface area contributed by atoms with E-state index in [2.05, 4.69) is 15.4 Å². The van der Waals surface area contributed by atoms with Crippen LogP contribution in [0.2, 0.25) is 0 Å². The summed E-state index contributed by atoms with van der Waals surface area (Å²) in [5, 5.41) is 6.28. The number of hydrogen-bond donors (Lipinski definition) is 2. The molecule has 2 aromatic rings. The van der Waals surface area contributed by atoms with E-state index < -0.39 is 0 Å². The van der Waals surface area contributed by atoms with Crippen LogP contribution in [0, 0.1) is 6.92 Å². The molecule has 1 aliphatic heterocycles. The predicted octanol–water partition coefficient (Wildman–Crippen LogP) is 0.394. The summed E-state index contributed by atoms with van der Waals surface area (Å²) < 4.78 is 1.56. The van der Waals surface area contributed by atoms with Gasteiger partial charge >= 0.3 is 0 Å². The molecule has 118 valence electrons. The Bertz CT molecular complexity index is 776. The van der Waals surface area contributed by atoms with Crippen LogP contribution in [0.25, 0.3) is 11.0 Å². The van der Waals surface area contributed by atoms with Gasteiger partial charge in [-0.05, 0) is 32.9 Å². The Labute approximate surface area is 128 Å². The van der Waals surface area contributed by atoms with E-state index in [0.29, 0.717) is 29.2 Å². The lowest BCUT2D eigenvalue weighted by Crippen LogP contribution is -2.47. The van der Waals surface area contributed by atoms with Crippen LogP contribution in [0.1, 0.15) is 28.9 Å². The van der Waals surface area contributed by atoms with E-state index >= 15 is 0 Å². The van der Waals surface area contributed by atoms with Gasteiger partial charge in [0.2, 0.25) is 0 Å². The first kappa shape index (κ1) is 14.8. The molecule has 1 atom stereocenters. The van der Waals surface area contributed by atoms with Gasteiger partial charge in [0.1, 0.15) is 0 Å². The predicted molar refractivity (Wildman–Crippen MR) is 84.1 cm³/mol. The molecule has 1 unspecified atom stereocenters. The zero-order chi connectivity index (χ0) is 15.9. The van der Waals surface area contributed by atoms with E-state index in [0.717, 1.165) is 25.1 Å². The van der Waals surface area contributed by atoms with Gasteiger partial charge in [0.25, 0.3) is 11.5 Å². The van der Waals surface area contributed by atoms with Crippen LogP contribution < -0.4 is 10.9 Å². The van der Waals surface area contributed by atoms with Crippen molar-refractivity contribution in [3.63, 3.8) is 0 Å². The molecule has 0 radical (unpaired) electrons. The molecule has 22 heavy (non-hydrogen) atoms. The van der Waals surface area contributed by atoms with Crippen molar-refractivity contribution in [2.75, 3.05) is 20.1 Å². The summed E-state index contributed by atoms with van der Waals surface area (Å²) in [6.45, 7) is 3.23. The number of pyridine rings is 1. The van der Waals surface area contributed by atoms with Crippen molar-refractivity contribution in [2.45, 2.75) is 25.8 Å². The number of aromatic nitrogens is 3. The molecule has 1 saturated heterocycles. The van der Waals surface area contributed by atoms with Crippen molar-refractivity contribution in [1.82, 2.24) is 25.0 Å². The Morgan fingerprint density at radius 2 is 2.27 bits per heavy atom. The highest BCUT2D eigenvalue weighted by molar-refractivity contribution is 6.05. The zero-order valence-corrected chi connectivity index (χ0v) is 13.1. The Morgan fingerprint density at radius 1 is 1.50 bits per heavy atom. The van der Waals surface area contributed by atoms with Crippen LogP contribution in [0.4, 0.5) is 0 Å². The fourth-order valence-corrected chi connectivity index (χ4v) is 3.12. The number of nitrogens with zero attached hydrogens (tertiary/aromatic N) is 3. The van der Waals surface area contributed by atoms with Crippen LogP contribution in [-0.4, -0.2) is 51.8 Å². The molecule has 2 aromatic heterocycles. The lowest BCUT2D eigenvalue weighted by atomic mass is 10.0. The molecular weight excluding hydrogens is 282 g/mol. The molecule has 0 aromatic carbocycles. The monoisotopic (exact) mass is 303 g/mol. The standard InChI is InChI=1S/C15H21N5O2/c1-9-7-11(12-13(17-9)19(3)18-14(12)21)15(22)20-6-4-5-10(8-20)16-2/h7,10,16H,4-6,8H2,1-3H3,(H,18,21). The Balaban J connectivity index is 2.06. The highest BCUT2D eigenvalue weighted by Crippen LogP contribution is 2.19. The molecule has 0 bridgehead atoms. The maximum Gasteiger partial charge on any atom is 0.274 e. The molecule has 7 heteroatoms. The minimum Gasteiger partial charge on any atom is -0.337 e. The second-order valence-electron chi connectivity index (χ2n) is 5.89. The average Bonchev–Trinajstić information content (AvgIpc) is 2.80. The van der Waals surface area contributed by atoms with E-state index in [-0.39, 0.29) is 11.5 Å². The van der Waals surface area contributed by atoms with Crippen LogP contribution in [0.3, 0.4) is 0 Å². The van der Waals surface area contributed by atoms with Gasteiger partial charge in [0, 0.05) is 31.9 Å². The van der Waals surface area contributed by atoms with Crippen LogP contribution >= 0.6 is 0 Å². The molecule has 3 heterocycles. The quantitative estimate of drug-likeness (QED) is 0.841. The van der Waals surface area contributed by atoms with Gasteiger partial charge in [-0.3, -0.25) is 19.4 Å². The maximum absolute atomic E-state index is 12.9. The third-order valence-corrected chi connectivity index (χ3v) is 4.29. The summed E-state index contributed by atoms with van der Waals surface area (Å²) >= 11 is 0. The van der Waals surface area contributed by atoms with Crippen molar-refractivity contribution in [3.8, 4) is 0 Å². The van der Waals surface area contributed by atoms with Gasteiger partial charge in [0.15, 0.2) is 5.65 Å². The largest absolute Gasteiger partial charge is 0.337 e. The molecule has 7 nitrogen and oxygen atoms in total. The molecule has 1 aliphatic rings. The average molecular weight is 303 g/mol. The van der Waals surface area contributed by atoms with E-state index in [1.54, 1.807) is 17.8 Å². The van der Waals surface area contributed by atoms with Crippen LogP contribution in [0.5, 0.6) is 0 Å². The number of rotatable bonds is 2. The van der Waals surface area contributed by atoms with Crippen molar-refractivity contribution < 1.29 is 4.79 Å². The molecule has 0 saturated carbocycles. The van der Waals surface area contributed by atoms with Gasteiger partial charge in [-0.15, -0.1) is 0 Å². The first-order valence-corrected chi connectivity index (χ1v) is 7.54. The molecule has 1 amide bonds. The number of H-pyrrole nitrogens is 1. The number of amides is 1. The summed E-state index contributed by atoms with van der Waals surface area (Å²) in [7, 11) is 3.64. The van der Waals surface area contributed by atoms with Crippen molar-refractivity contribution in [3.05, 3.63) is 27.7 Å². The highest BCUT2D eigenvalue weighted by atomic mass is 16.2. The third-order valence-electron chi connectivity index (χ3n) is 4.29. The number of carbonyl (C=O) groups is 1. The van der Waals surface area contributed by atoms with E-state index in [9.17, 15) is 9.59 Å². The third kappa shape index (κ3) is 2.41. The molecule has 2 N–H and O–H groups in total. The van der Waals surface area contributed by atoms with E-state index in [4.69, 9.17) is 0 Å². The molecule has 3 rings (SSSR count). The van der Waals surface area contributed by atoms with Gasteiger partial charge in [0.05, 0.1) is 10.9 Å². The number of carbonyl (C=O) groups excluding carboxylic acids is 1. The number of fused-ring (bicyclic) bond motifs is 1. The van der Waals surface area contributed by atoms with E-state index in [1.807, 2.05) is 18.9 Å². The summed E-state index contributed by atoms with van der Waals surface area (Å²) in [5.41, 5.74) is 1.43. The molecular formula is C15H21N5O2. The summed E-state index contributed by atoms with van der Waals surface area (Å²) in [6, 6.07) is 2.02. The first-order valence-electron chi connectivity index (χ1n) is 7.54. The van der Waals surface area contributed by atoms with Crippen LogP contribution in [-0.2, 0) is 7.05 Å². The van der Waals surface area contributed by atoms with Gasteiger partial charge in [-0.2, -0.15) is 0 Å². The smallest absolute Gasteiger partial charge is 0.274 e. The normalized spacial score (nSPS) is 18.9. The minimum atomic E-state index is -0.268. The first-order chi connectivity index (χ1) is 10.5. The van der Waals surface area contributed by atoms with Gasteiger partial charge in [-0.1, -0.05) is 0 Å². The van der Waals surface area contributed by atoms with Crippen molar-refractivity contribution in [1.29, 1.82) is 0 Å². The Kier molecular flexibility index (Phi) is 3.74. The second kappa shape index (κ2) is 5.57. The molecule has 0 spiro atoms. The lowest BCUT2D eigenvalue weighted by Gasteiger charge is -2.32.